The summed E-state index contributed by atoms with van der Waals surface area (Å²) in [4.78, 5) is 36.0. The number of nitrogens with one attached hydrogen (secondary N) is 1. The number of aromatic amines is 1. The number of likely N-dealkylation sites (tertiary alicyclic amines) is 1. The van der Waals surface area contributed by atoms with E-state index in [4.69, 9.17) is 5.73 Å². The molecule has 0 aliphatic carbocycles. The van der Waals surface area contributed by atoms with Crippen LogP contribution in [0.2, 0.25) is 0 Å². The molecule has 7 heteroatoms. The third-order valence-corrected chi connectivity index (χ3v) is 6.60. The summed E-state index contributed by atoms with van der Waals surface area (Å²) in [6.45, 7) is 4.87. The van der Waals surface area contributed by atoms with Crippen LogP contribution in [0.15, 0.2) is 60.4 Å². The number of carbonyl (C=O) groups is 2. The molecule has 0 saturated carbocycles. The fraction of sp³-hybridized carbons (Fsp3) is 0.321. The van der Waals surface area contributed by atoms with Crippen molar-refractivity contribution < 1.29 is 9.59 Å². The largest absolute Gasteiger partial charge is 0.366 e. The molecule has 2 aromatic carbocycles. The number of amides is 2. The molecule has 0 radical (unpaired) electrons. The first-order valence-corrected chi connectivity index (χ1v) is 12.0. The summed E-state index contributed by atoms with van der Waals surface area (Å²) in [5.41, 5.74) is 13.5. The van der Waals surface area contributed by atoms with Crippen LogP contribution < -0.4 is 5.73 Å². The number of aromatic nitrogens is 2. The van der Waals surface area contributed by atoms with E-state index < -0.39 is 5.91 Å². The lowest BCUT2D eigenvalue weighted by atomic mass is 9.87. The van der Waals surface area contributed by atoms with Crippen LogP contribution in [0.3, 0.4) is 0 Å². The maximum atomic E-state index is 12.4. The second-order valence-electron chi connectivity index (χ2n) is 9.16. The Morgan fingerprint density at radius 1 is 1.00 bits per heavy atom. The Kier molecular flexibility index (Phi) is 7.46. The van der Waals surface area contributed by atoms with Crippen LogP contribution in [0.5, 0.6) is 0 Å². The van der Waals surface area contributed by atoms with Crippen LogP contribution in [0, 0.1) is 0 Å². The molecule has 1 fully saturated rings. The van der Waals surface area contributed by atoms with E-state index in [0.717, 1.165) is 61.3 Å². The number of hydrogen-bond acceptors (Lipinski definition) is 4. The standard InChI is InChI=1S/C28H33N5O2/c1-4-24-25(31-18-30-24)17-33-14-12-20(13-15-33)26(22-6-5-7-23(16-22)27(29)34)19-8-10-21(11-9-19)28(35)32(2)3/h5-11,16,18H,4,12-15,17H2,1-3H3,(H2,29,34)(H,30,31). The molecule has 3 aromatic rings. The van der Waals surface area contributed by atoms with E-state index in [1.54, 1.807) is 31.4 Å². The second kappa shape index (κ2) is 10.7. The SMILES string of the molecule is CCc1nc[nH]c1CN1CCC(=C(c2ccc(C(=O)N(C)C)cc2)c2cccc(C(N)=O)c2)CC1. The first-order chi connectivity index (χ1) is 16.9. The Balaban J connectivity index is 1.65. The molecular weight excluding hydrogens is 438 g/mol. The summed E-state index contributed by atoms with van der Waals surface area (Å²) < 4.78 is 0. The number of rotatable bonds is 7. The number of benzene rings is 2. The van der Waals surface area contributed by atoms with Gasteiger partial charge < -0.3 is 15.6 Å². The van der Waals surface area contributed by atoms with E-state index in [-0.39, 0.29) is 5.91 Å². The smallest absolute Gasteiger partial charge is 0.253 e. The van der Waals surface area contributed by atoms with Crippen molar-refractivity contribution in [1.82, 2.24) is 19.8 Å². The summed E-state index contributed by atoms with van der Waals surface area (Å²) in [6, 6.07) is 15.3. The molecule has 2 heterocycles. The van der Waals surface area contributed by atoms with Crippen molar-refractivity contribution in [2.24, 2.45) is 5.73 Å². The predicted octanol–water partition coefficient (Wildman–Crippen LogP) is 3.87. The number of hydrogen-bond donors (Lipinski definition) is 2. The van der Waals surface area contributed by atoms with Gasteiger partial charge in [0, 0.05) is 44.9 Å². The maximum absolute atomic E-state index is 12.4. The first kappa shape index (κ1) is 24.4. The Hall–Kier alpha value is -3.71. The van der Waals surface area contributed by atoms with Crippen LogP contribution in [-0.4, -0.2) is 58.8 Å². The fourth-order valence-electron chi connectivity index (χ4n) is 4.69. The van der Waals surface area contributed by atoms with Gasteiger partial charge in [-0.3, -0.25) is 14.5 Å². The third kappa shape index (κ3) is 5.52. The van der Waals surface area contributed by atoms with Gasteiger partial charge >= 0.3 is 0 Å². The second-order valence-corrected chi connectivity index (χ2v) is 9.16. The van der Waals surface area contributed by atoms with Crippen molar-refractivity contribution in [3.05, 3.63) is 94.1 Å². The van der Waals surface area contributed by atoms with Crippen molar-refractivity contribution in [2.45, 2.75) is 32.7 Å². The molecule has 4 rings (SSSR count). The van der Waals surface area contributed by atoms with Crippen LogP contribution in [0.25, 0.3) is 5.57 Å². The van der Waals surface area contributed by atoms with Crippen molar-refractivity contribution in [2.75, 3.05) is 27.2 Å². The van der Waals surface area contributed by atoms with E-state index in [9.17, 15) is 9.59 Å². The van der Waals surface area contributed by atoms with Crippen molar-refractivity contribution >= 4 is 17.4 Å². The highest BCUT2D eigenvalue weighted by Crippen LogP contribution is 2.33. The summed E-state index contributed by atoms with van der Waals surface area (Å²) in [5, 5.41) is 0. The highest BCUT2D eigenvalue weighted by molar-refractivity contribution is 5.96. The number of H-pyrrole nitrogens is 1. The summed E-state index contributed by atoms with van der Waals surface area (Å²) in [7, 11) is 3.50. The van der Waals surface area contributed by atoms with Gasteiger partial charge in [0.15, 0.2) is 0 Å². The molecule has 0 unspecified atom stereocenters. The minimum atomic E-state index is -0.441. The Morgan fingerprint density at radius 3 is 2.29 bits per heavy atom. The fourth-order valence-corrected chi connectivity index (χ4v) is 4.69. The van der Waals surface area contributed by atoms with E-state index in [2.05, 4.69) is 21.8 Å². The zero-order chi connectivity index (χ0) is 24.9. The predicted molar refractivity (Wildman–Crippen MR) is 138 cm³/mol. The monoisotopic (exact) mass is 471 g/mol. The van der Waals surface area contributed by atoms with Gasteiger partial charge in [-0.05, 0) is 60.2 Å². The lowest BCUT2D eigenvalue weighted by Gasteiger charge is -2.30. The van der Waals surface area contributed by atoms with Crippen molar-refractivity contribution in [3.8, 4) is 0 Å². The molecule has 1 aliphatic heterocycles. The average Bonchev–Trinajstić information content (AvgIpc) is 3.32. The Labute approximate surface area is 206 Å². The number of imidazole rings is 1. The topological polar surface area (TPSA) is 95.3 Å². The van der Waals surface area contributed by atoms with Gasteiger partial charge in [0.25, 0.3) is 5.91 Å². The lowest BCUT2D eigenvalue weighted by molar-refractivity contribution is 0.0827. The maximum Gasteiger partial charge on any atom is 0.253 e. The average molecular weight is 472 g/mol. The van der Waals surface area contributed by atoms with E-state index in [1.807, 2.05) is 42.5 Å². The van der Waals surface area contributed by atoms with Crippen LogP contribution in [0.1, 0.15) is 63.0 Å². The summed E-state index contributed by atoms with van der Waals surface area (Å²) >= 11 is 0. The molecule has 182 valence electrons. The minimum absolute atomic E-state index is 0.0277. The number of piperidine rings is 1. The van der Waals surface area contributed by atoms with Gasteiger partial charge in [-0.15, -0.1) is 0 Å². The molecule has 0 bridgehead atoms. The first-order valence-electron chi connectivity index (χ1n) is 12.0. The zero-order valence-corrected chi connectivity index (χ0v) is 20.7. The lowest BCUT2D eigenvalue weighted by Crippen LogP contribution is -2.31. The van der Waals surface area contributed by atoms with Gasteiger partial charge in [-0.2, -0.15) is 0 Å². The Morgan fingerprint density at radius 2 is 1.66 bits per heavy atom. The van der Waals surface area contributed by atoms with E-state index >= 15 is 0 Å². The highest BCUT2D eigenvalue weighted by Gasteiger charge is 2.21. The molecule has 0 spiro atoms. The van der Waals surface area contributed by atoms with Crippen molar-refractivity contribution in [1.29, 1.82) is 0 Å². The van der Waals surface area contributed by atoms with Crippen LogP contribution in [-0.2, 0) is 13.0 Å². The van der Waals surface area contributed by atoms with Crippen LogP contribution in [0.4, 0.5) is 0 Å². The quantitative estimate of drug-likeness (QED) is 0.547. The van der Waals surface area contributed by atoms with Gasteiger partial charge in [0.1, 0.15) is 0 Å². The molecule has 2 amide bonds. The molecule has 7 nitrogen and oxygen atoms in total. The minimum Gasteiger partial charge on any atom is -0.366 e. The summed E-state index contributed by atoms with van der Waals surface area (Å²) in [6.07, 6.45) is 4.54. The number of nitrogens with zero attached hydrogens (tertiary/aromatic N) is 3. The molecule has 3 N–H and O–H groups in total. The number of aryl methyl sites for hydroxylation is 1. The van der Waals surface area contributed by atoms with Gasteiger partial charge in [0.2, 0.25) is 5.91 Å². The highest BCUT2D eigenvalue weighted by atomic mass is 16.2. The third-order valence-electron chi connectivity index (χ3n) is 6.60. The molecule has 35 heavy (non-hydrogen) atoms. The summed E-state index contributed by atoms with van der Waals surface area (Å²) in [5.74, 6) is -0.468. The number of carbonyl (C=O) groups excluding carboxylic acids is 2. The number of nitrogens with two attached hydrogens (primary N) is 1. The Bertz CT molecular complexity index is 1230. The molecular formula is C28H33N5O2. The molecule has 1 aliphatic rings. The molecule has 0 atom stereocenters. The molecule has 1 saturated heterocycles. The van der Waals surface area contributed by atoms with Gasteiger partial charge in [-0.1, -0.05) is 36.8 Å². The normalized spacial score (nSPS) is 14.1. The van der Waals surface area contributed by atoms with Gasteiger partial charge in [0.05, 0.1) is 17.7 Å². The van der Waals surface area contributed by atoms with E-state index in [0.29, 0.717) is 11.1 Å². The van der Waals surface area contributed by atoms with Crippen molar-refractivity contribution in [3.63, 3.8) is 0 Å². The molecule has 1 aromatic heterocycles. The zero-order valence-electron chi connectivity index (χ0n) is 20.7. The van der Waals surface area contributed by atoms with Crippen LogP contribution >= 0.6 is 0 Å². The number of primary amides is 1. The van der Waals surface area contributed by atoms with Gasteiger partial charge in [-0.25, -0.2) is 4.98 Å². The van der Waals surface area contributed by atoms with E-state index in [1.165, 1.54) is 11.3 Å².